The van der Waals surface area contributed by atoms with Crippen molar-refractivity contribution in [3.63, 3.8) is 0 Å². The molecule has 3 rings (SSSR count). The molecule has 1 amide bonds. The van der Waals surface area contributed by atoms with E-state index in [-0.39, 0.29) is 4.90 Å². The molecule has 170 valence electrons. The smallest absolute Gasteiger partial charge is 0.332 e. The zero-order valence-electron chi connectivity index (χ0n) is 17.4. The van der Waals surface area contributed by atoms with Crippen LogP contribution in [0.1, 0.15) is 24.8 Å². The number of nitrogens with zero attached hydrogens (tertiary/aromatic N) is 1. The van der Waals surface area contributed by atoms with Crippen LogP contribution in [0.5, 0.6) is 0 Å². The lowest BCUT2D eigenvalue weighted by molar-refractivity contribution is -0.162. The second kappa shape index (κ2) is 10.4. The summed E-state index contributed by atoms with van der Waals surface area (Å²) in [5.41, 5.74) is 1.27. The third-order valence-corrected chi connectivity index (χ3v) is 6.30. The number of aryl methyl sites for hydroxylation is 1. The van der Waals surface area contributed by atoms with E-state index in [0.29, 0.717) is 18.7 Å². The molecule has 0 bridgehead atoms. The van der Waals surface area contributed by atoms with Gasteiger partial charge in [0.1, 0.15) is 12.1 Å². The summed E-state index contributed by atoms with van der Waals surface area (Å²) in [6.07, 6.45) is 3.63. The number of anilines is 1. The molecular formula is C21H24N4O6S. The first-order valence-corrected chi connectivity index (χ1v) is 11.5. The first-order chi connectivity index (χ1) is 15.2. The molecule has 32 heavy (non-hydrogen) atoms. The molecule has 2 heterocycles. The highest BCUT2D eigenvalue weighted by molar-refractivity contribution is 7.89. The predicted molar refractivity (Wildman–Crippen MR) is 115 cm³/mol. The highest BCUT2D eigenvalue weighted by atomic mass is 32.2. The average molecular weight is 461 g/mol. The fourth-order valence-corrected chi connectivity index (χ4v) is 4.29. The molecule has 1 aromatic carbocycles. The molecule has 1 saturated heterocycles. The van der Waals surface area contributed by atoms with Gasteiger partial charge in [0, 0.05) is 18.1 Å². The van der Waals surface area contributed by atoms with Crippen molar-refractivity contribution in [3.8, 4) is 0 Å². The molecule has 3 N–H and O–H groups in total. The number of nitrogens with one attached hydrogen (secondary N) is 3. The van der Waals surface area contributed by atoms with E-state index in [1.54, 1.807) is 19.1 Å². The second-order valence-corrected chi connectivity index (χ2v) is 9.08. The number of esters is 2. The Balaban J connectivity index is 1.75. The largest absolute Gasteiger partial charge is 0.391 e. The zero-order valence-corrected chi connectivity index (χ0v) is 18.2. The molecule has 0 spiro atoms. The first kappa shape index (κ1) is 23.5. The number of hydrogen-bond donors (Lipinski definition) is 3. The van der Waals surface area contributed by atoms with Crippen LogP contribution in [0.2, 0.25) is 0 Å². The van der Waals surface area contributed by atoms with Gasteiger partial charge in [-0.15, -0.1) is 0 Å². The predicted octanol–water partition coefficient (Wildman–Crippen LogP) is 0.888. The molecule has 0 unspecified atom stereocenters. The van der Waals surface area contributed by atoms with Crippen LogP contribution in [0.15, 0.2) is 53.7 Å². The van der Waals surface area contributed by atoms with Crippen LogP contribution in [-0.2, 0) is 29.1 Å². The molecule has 0 aliphatic carbocycles. The molecule has 10 nitrogen and oxygen atoms in total. The lowest BCUT2D eigenvalue weighted by Crippen LogP contribution is -2.46. The van der Waals surface area contributed by atoms with Crippen LogP contribution < -0.4 is 15.4 Å². The average Bonchev–Trinajstić information content (AvgIpc) is 3.29. The molecular weight excluding hydrogens is 436 g/mol. The number of carbonyl (C=O) groups excluding carboxylic acids is 3. The van der Waals surface area contributed by atoms with E-state index in [1.165, 1.54) is 36.7 Å². The van der Waals surface area contributed by atoms with Gasteiger partial charge in [-0.05, 0) is 50.6 Å². The van der Waals surface area contributed by atoms with Crippen LogP contribution in [0.4, 0.5) is 5.69 Å². The Labute approximate surface area is 185 Å². The summed E-state index contributed by atoms with van der Waals surface area (Å²) in [7, 11) is -4.16. The van der Waals surface area contributed by atoms with Crippen LogP contribution in [-0.4, -0.2) is 49.9 Å². The van der Waals surface area contributed by atoms with Crippen LogP contribution in [0, 0.1) is 6.92 Å². The summed E-state index contributed by atoms with van der Waals surface area (Å²) >= 11 is 0. The summed E-state index contributed by atoms with van der Waals surface area (Å²) in [6.45, 7) is 2.42. The summed E-state index contributed by atoms with van der Waals surface area (Å²) in [6, 6.07) is 6.80. The molecule has 0 radical (unpaired) electrons. The Bertz CT molecular complexity index is 1070. The third-order valence-electron chi connectivity index (χ3n) is 4.81. The number of amides is 1. The van der Waals surface area contributed by atoms with Crippen LogP contribution in [0.25, 0.3) is 0 Å². The minimum Gasteiger partial charge on any atom is -0.391 e. The Morgan fingerprint density at radius 2 is 1.84 bits per heavy atom. The summed E-state index contributed by atoms with van der Waals surface area (Å²) in [5, 5.41) is 5.45. The van der Waals surface area contributed by atoms with E-state index >= 15 is 0 Å². The highest BCUT2D eigenvalue weighted by Gasteiger charge is 2.33. The van der Waals surface area contributed by atoms with Gasteiger partial charge in [0.25, 0.3) is 0 Å². The van der Waals surface area contributed by atoms with E-state index in [1.807, 2.05) is 0 Å². The number of pyridine rings is 1. The molecule has 1 aliphatic heterocycles. The van der Waals surface area contributed by atoms with Gasteiger partial charge in [-0.2, -0.15) is 4.72 Å². The Morgan fingerprint density at radius 1 is 1.16 bits per heavy atom. The van der Waals surface area contributed by atoms with Gasteiger partial charge in [-0.1, -0.05) is 17.7 Å². The maximum atomic E-state index is 12.8. The Morgan fingerprint density at radius 3 is 2.47 bits per heavy atom. The third kappa shape index (κ3) is 6.42. The van der Waals surface area contributed by atoms with Crippen molar-refractivity contribution < 1.29 is 27.5 Å². The number of carbonyl (C=O) groups is 3. The molecule has 2 atom stereocenters. The normalized spacial score (nSPS) is 16.8. The fraction of sp³-hybridized carbons (Fsp3) is 0.333. The lowest BCUT2D eigenvalue weighted by atomic mass is 10.2. The summed E-state index contributed by atoms with van der Waals surface area (Å²) < 4.78 is 32.7. The number of rotatable bonds is 8. The van der Waals surface area contributed by atoms with Crippen molar-refractivity contribution in [2.24, 2.45) is 0 Å². The molecule has 1 aromatic heterocycles. The summed E-state index contributed by atoms with van der Waals surface area (Å²) in [4.78, 5) is 41.1. The summed E-state index contributed by atoms with van der Waals surface area (Å²) in [5.74, 6) is -2.60. The lowest BCUT2D eigenvalue weighted by Gasteiger charge is -2.18. The van der Waals surface area contributed by atoms with Crippen molar-refractivity contribution in [3.05, 3.63) is 54.4 Å². The standard InChI is InChI=1S/C21H24N4O6S/c1-14-4-6-16(7-5-14)32(29,30)25-18(13-19(26)24-15-8-11-22-12-9-15)21(28)31-20(27)17-3-2-10-23-17/h4-9,11-12,17-18,23,25H,2-3,10,13H2,1H3,(H,22,24,26)/t17-,18-/m0/s1. The SMILES string of the molecule is Cc1ccc(S(=O)(=O)N[C@@H](CC(=O)Nc2ccncc2)C(=O)OC(=O)[C@@H]2CCCN2)cc1. The van der Waals surface area contributed by atoms with E-state index < -0.39 is 46.4 Å². The maximum Gasteiger partial charge on any atom is 0.332 e. The van der Waals surface area contributed by atoms with Crippen molar-refractivity contribution in [1.82, 2.24) is 15.0 Å². The van der Waals surface area contributed by atoms with E-state index in [2.05, 4.69) is 20.3 Å². The van der Waals surface area contributed by atoms with Gasteiger partial charge in [-0.25, -0.2) is 18.0 Å². The van der Waals surface area contributed by atoms with Gasteiger partial charge >= 0.3 is 11.9 Å². The topological polar surface area (TPSA) is 144 Å². The maximum absolute atomic E-state index is 12.8. The van der Waals surface area contributed by atoms with Gasteiger partial charge < -0.3 is 15.4 Å². The molecule has 11 heteroatoms. The highest BCUT2D eigenvalue weighted by Crippen LogP contribution is 2.14. The van der Waals surface area contributed by atoms with Crippen LogP contribution in [0.3, 0.4) is 0 Å². The molecule has 0 saturated carbocycles. The van der Waals surface area contributed by atoms with Gasteiger partial charge in [0.2, 0.25) is 15.9 Å². The second-order valence-electron chi connectivity index (χ2n) is 7.36. The number of ether oxygens (including phenoxy) is 1. The molecule has 2 aromatic rings. The number of hydrogen-bond acceptors (Lipinski definition) is 8. The minimum atomic E-state index is -4.16. The number of benzene rings is 1. The fourth-order valence-electron chi connectivity index (χ4n) is 3.11. The van der Waals surface area contributed by atoms with Crippen molar-refractivity contribution in [2.45, 2.75) is 43.2 Å². The Kier molecular flexibility index (Phi) is 7.67. The van der Waals surface area contributed by atoms with E-state index in [4.69, 9.17) is 4.74 Å². The van der Waals surface area contributed by atoms with Crippen LogP contribution >= 0.6 is 0 Å². The van der Waals surface area contributed by atoms with Crippen molar-refractivity contribution in [2.75, 3.05) is 11.9 Å². The van der Waals surface area contributed by atoms with Crippen molar-refractivity contribution >= 4 is 33.6 Å². The monoisotopic (exact) mass is 460 g/mol. The van der Waals surface area contributed by atoms with Gasteiger partial charge in [-0.3, -0.25) is 9.78 Å². The number of sulfonamides is 1. The Hall–Kier alpha value is -3.15. The van der Waals surface area contributed by atoms with E-state index in [0.717, 1.165) is 12.0 Å². The van der Waals surface area contributed by atoms with Gasteiger partial charge in [0.05, 0.1) is 11.3 Å². The van der Waals surface area contributed by atoms with E-state index in [9.17, 15) is 22.8 Å². The molecule has 1 aliphatic rings. The minimum absolute atomic E-state index is 0.0840. The zero-order chi connectivity index (χ0) is 23.1. The van der Waals surface area contributed by atoms with Gasteiger partial charge in [0.15, 0.2) is 0 Å². The quantitative estimate of drug-likeness (QED) is 0.389. The first-order valence-electron chi connectivity index (χ1n) is 10.0. The van der Waals surface area contributed by atoms with Crippen molar-refractivity contribution in [1.29, 1.82) is 0 Å². The molecule has 1 fully saturated rings. The number of aromatic nitrogens is 1.